The minimum atomic E-state index is -0.894. The zero-order valence-corrected chi connectivity index (χ0v) is 20.0. The van der Waals surface area contributed by atoms with Gasteiger partial charge >= 0.3 is 0 Å². The van der Waals surface area contributed by atoms with Crippen LogP contribution in [0.5, 0.6) is 0 Å². The van der Waals surface area contributed by atoms with Gasteiger partial charge in [-0.3, -0.25) is 4.98 Å². The molecule has 0 saturated heterocycles. The van der Waals surface area contributed by atoms with E-state index in [2.05, 4.69) is 43.9 Å². The SMILES string of the molecule is C[C@H]1C2=Cc3cccc(-c4ccc(N)nc4)c3C(O)N2c2ccccc2N1c1ncnc2cccnc12. The number of fused-ring (bicyclic) bond motifs is 5. The van der Waals surface area contributed by atoms with Crippen molar-refractivity contribution in [3.8, 4) is 11.1 Å². The van der Waals surface area contributed by atoms with Gasteiger partial charge in [0.05, 0.1) is 22.9 Å². The molecule has 8 nitrogen and oxygen atoms in total. The fraction of sp³-hybridized carbons (Fsp3) is 0.103. The van der Waals surface area contributed by atoms with E-state index >= 15 is 0 Å². The lowest BCUT2D eigenvalue weighted by Crippen LogP contribution is -2.46. The summed E-state index contributed by atoms with van der Waals surface area (Å²) in [5.74, 6) is 1.19. The Labute approximate surface area is 213 Å². The van der Waals surface area contributed by atoms with Crippen molar-refractivity contribution < 1.29 is 5.11 Å². The second-order valence-electron chi connectivity index (χ2n) is 9.20. The predicted octanol–water partition coefficient (Wildman–Crippen LogP) is 5.06. The van der Waals surface area contributed by atoms with E-state index in [-0.39, 0.29) is 6.04 Å². The van der Waals surface area contributed by atoms with Gasteiger partial charge in [-0.2, -0.15) is 0 Å². The van der Waals surface area contributed by atoms with Crippen LogP contribution in [0.25, 0.3) is 28.2 Å². The summed E-state index contributed by atoms with van der Waals surface area (Å²) in [7, 11) is 0. The minimum absolute atomic E-state index is 0.139. The standard InChI is InChI=1S/C29H23N7O/c1-17-24-14-18-6-4-7-20(19-11-12-25(30)32-15-19)26(18)29(37)36(24)23-10-3-2-9-22(23)35(17)28-27-21(33-16-34-28)8-5-13-31-27/h2-17,29,37H,1H3,(H2,30,32)/t17-,29?/m0/s1. The minimum Gasteiger partial charge on any atom is -0.384 e. The van der Waals surface area contributed by atoms with E-state index in [1.807, 2.05) is 59.5 Å². The Hall–Kier alpha value is -4.82. The highest BCUT2D eigenvalue weighted by molar-refractivity contribution is 5.94. The van der Waals surface area contributed by atoms with Crippen LogP contribution in [0, 0.1) is 0 Å². The molecule has 180 valence electrons. The summed E-state index contributed by atoms with van der Waals surface area (Å²) in [4.78, 5) is 22.1. The van der Waals surface area contributed by atoms with E-state index < -0.39 is 6.23 Å². The first-order valence-corrected chi connectivity index (χ1v) is 12.1. The van der Waals surface area contributed by atoms with Gasteiger partial charge in [-0.25, -0.2) is 15.0 Å². The van der Waals surface area contributed by atoms with Crippen LogP contribution in [0.3, 0.4) is 0 Å². The molecule has 2 aromatic carbocycles. The summed E-state index contributed by atoms with van der Waals surface area (Å²) in [6, 6.07) is 21.5. The summed E-state index contributed by atoms with van der Waals surface area (Å²) in [6.07, 6.45) is 6.34. The Kier molecular flexibility index (Phi) is 4.70. The van der Waals surface area contributed by atoms with E-state index in [0.29, 0.717) is 5.82 Å². The van der Waals surface area contributed by atoms with Gasteiger partial charge < -0.3 is 20.6 Å². The number of anilines is 4. The number of aliphatic hydroxyl groups is 1. The van der Waals surface area contributed by atoms with E-state index in [9.17, 15) is 5.11 Å². The van der Waals surface area contributed by atoms with Crippen LogP contribution >= 0.6 is 0 Å². The van der Waals surface area contributed by atoms with Gasteiger partial charge in [-0.15, -0.1) is 0 Å². The van der Waals surface area contributed by atoms with Crippen molar-refractivity contribution in [3.05, 3.63) is 102 Å². The molecule has 0 spiro atoms. The molecule has 3 N–H and O–H groups in total. The van der Waals surface area contributed by atoms with Gasteiger partial charge in [-0.05, 0) is 60.5 Å². The van der Waals surface area contributed by atoms with Gasteiger partial charge in [0, 0.05) is 29.2 Å². The lowest BCUT2D eigenvalue weighted by atomic mass is 9.88. The molecule has 0 aliphatic carbocycles. The summed E-state index contributed by atoms with van der Waals surface area (Å²) in [5.41, 5.74) is 13.8. The Morgan fingerprint density at radius 2 is 1.68 bits per heavy atom. The molecule has 0 fully saturated rings. The van der Waals surface area contributed by atoms with Crippen LogP contribution in [0.2, 0.25) is 0 Å². The summed E-state index contributed by atoms with van der Waals surface area (Å²) < 4.78 is 0. The first-order valence-electron chi connectivity index (χ1n) is 12.1. The largest absolute Gasteiger partial charge is 0.384 e. The normalized spacial score (nSPS) is 18.2. The third kappa shape index (κ3) is 3.19. The number of benzene rings is 2. The van der Waals surface area contributed by atoms with Crippen molar-refractivity contribution >= 4 is 40.1 Å². The Bertz CT molecular complexity index is 1690. The van der Waals surface area contributed by atoms with Crippen LogP contribution in [0.15, 0.2) is 91.1 Å². The molecule has 0 bridgehead atoms. The van der Waals surface area contributed by atoms with Gasteiger partial charge in [-0.1, -0.05) is 30.3 Å². The zero-order valence-electron chi connectivity index (χ0n) is 20.0. The first kappa shape index (κ1) is 21.5. The molecule has 1 unspecified atom stereocenters. The Balaban J connectivity index is 1.45. The number of rotatable bonds is 2. The van der Waals surface area contributed by atoms with Crippen LogP contribution in [0.4, 0.5) is 23.0 Å². The van der Waals surface area contributed by atoms with E-state index in [0.717, 1.165) is 56.2 Å². The van der Waals surface area contributed by atoms with Crippen molar-refractivity contribution in [1.82, 2.24) is 19.9 Å². The molecule has 2 aliphatic heterocycles. The molecular formula is C29H23N7O. The number of para-hydroxylation sites is 2. The summed E-state index contributed by atoms with van der Waals surface area (Å²) in [5, 5.41) is 11.9. The number of nitrogen functional groups attached to an aromatic ring is 1. The molecule has 8 heteroatoms. The Morgan fingerprint density at radius 3 is 2.49 bits per heavy atom. The highest BCUT2D eigenvalue weighted by Gasteiger charge is 2.41. The second kappa shape index (κ2) is 8.11. The maximum atomic E-state index is 11.9. The average Bonchev–Trinajstić information content (AvgIpc) is 2.93. The second-order valence-corrected chi connectivity index (χ2v) is 9.20. The van der Waals surface area contributed by atoms with Crippen LogP contribution in [0.1, 0.15) is 24.3 Å². The number of aliphatic hydroxyl groups excluding tert-OH is 1. The first-order chi connectivity index (χ1) is 18.1. The van der Waals surface area contributed by atoms with Gasteiger partial charge in [0.15, 0.2) is 12.0 Å². The third-order valence-electron chi connectivity index (χ3n) is 7.14. The molecule has 3 aromatic heterocycles. The molecular weight excluding hydrogens is 462 g/mol. The zero-order chi connectivity index (χ0) is 25.1. The van der Waals surface area contributed by atoms with Crippen LogP contribution in [-0.4, -0.2) is 31.1 Å². The fourth-order valence-corrected chi connectivity index (χ4v) is 5.47. The number of nitrogens with two attached hydrogens (primary N) is 1. The molecule has 0 amide bonds. The number of hydrogen-bond acceptors (Lipinski definition) is 8. The quantitative estimate of drug-likeness (QED) is 0.358. The van der Waals surface area contributed by atoms with Crippen molar-refractivity contribution in [3.63, 3.8) is 0 Å². The van der Waals surface area contributed by atoms with Crippen molar-refractivity contribution in [1.29, 1.82) is 0 Å². The molecule has 37 heavy (non-hydrogen) atoms. The highest BCUT2D eigenvalue weighted by atomic mass is 16.3. The van der Waals surface area contributed by atoms with Gasteiger partial charge in [0.25, 0.3) is 0 Å². The third-order valence-corrected chi connectivity index (χ3v) is 7.14. The molecule has 0 saturated carbocycles. The number of nitrogens with zero attached hydrogens (tertiary/aromatic N) is 6. The van der Waals surface area contributed by atoms with Crippen LogP contribution in [-0.2, 0) is 0 Å². The van der Waals surface area contributed by atoms with E-state index in [1.165, 1.54) is 0 Å². The molecule has 7 rings (SSSR count). The lowest BCUT2D eigenvalue weighted by molar-refractivity contribution is 0.176. The predicted molar refractivity (Wildman–Crippen MR) is 145 cm³/mol. The molecule has 2 aliphatic rings. The summed E-state index contributed by atoms with van der Waals surface area (Å²) >= 11 is 0. The molecule has 0 radical (unpaired) electrons. The Morgan fingerprint density at radius 1 is 0.838 bits per heavy atom. The maximum Gasteiger partial charge on any atom is 0.163 e. The molecule has 5 heterocycles. The molecule has 5 aromatic rings. The lowest BCUT2D eigenvalue weighted by Gasteiger charge is -2.48. The van der Waals surface area contributed by atoms with Crippen molar-refractivity contribution in [2.45, 2.75) is 19.2 Å². The maximum absolute atomic E-state index is 11.9. The average molecular weight is 486 g/mol. The smallest absolute Gasteiger partial charge is 0.163 e. The van der Waals surface area contributed by atoms with E-state index in [4.69, 9.17) is 5.73 Å². The highest BCUT2D eigenvalue weighted by Crippen LogP contribution is 2.51. The van der Waals surface area contributed by atoms with Crippen molar-refractivity contribution in [2.24, 2.45) is 0 Å². The number of hydrogen-bond donors (Lipinski definition) is 2. The number of pyridine rings is 2. The monoisotopic (exact) mass is 485 g/mol. The number of aromatic nitrogens is 4. The fourth-order valence-electron chi connectivity index (χ4n) is 5.47. The molecule has 2 atom stereocenters. The van der Waals surface area contributed by atoms with Crippen LogP contribution < -0.4 is 15.5 Å². The van der Waals surface area contributed by atoms with E-state index in [1.54, 1.807) is 24.8 Å². The van der Waals surface area contributed by atoms with Gasteiger partial charge in [0.2, 0.25) is 0 Å². The summed E-state index contributed by atoms with van der Waals surface area (Å²) in [6.45, 7) is 2.12. The topological polar surface area (TPSA) is 104 Å². The van der Waals surface area contributed by atoms with Crippen molar-refractivity contribution in [2.75, 3.05) is 15.5 Å². The van der Waals surface area contributed by atoms with Gasteiger partial charge in [0.1, 0.15) is 17.7 Å².